The van der Waals surface area contributed by atoms with Gasteiger partial charge in [-0.1, -0.05) is 6.07 Å². The summed E-state index contributed by atoms with van der Waals surface area (Å²) in [6, 6.07) is 4.75. The van der Waals surface area contributed by atoms with Crippen molar-refractivity contribution in [3.8, 4) is 11.5 Å². The Bertz CT molecular complexity index is 418. The molecule has 0 saturated heterocycles. The molecule has 1 aromatic rings. The molecule has 1 aliphatic rings. The molecule has 92 valence electrons. The first-order chi connectivity index (χ1) is 8.22. The Morgan fingerprint density at radius 2 is 2.18 bits per heavy atom. The molecule has 1 aromatic carbocycles. The van der Waals surface area contributed by atoms with Gasteiger partial charge in [0, 0.05) is 0 Å². The standard InChI is InChI=1S/C12H14FNO3/c13-7-17-11-9(12(14)15)2-1-3-10(11)16-6-8-4-5-8/h1-3,8H,4-7H2,(H2,14,15). The molecular weight excluding hydrogens is 225 g/mol. The predicted octanol–water partition coefficient (Wildman–Crippen LogP) is 1.88. The Kier molecular flexibility index (Phi) is 3.46. The molecule has 2 N–H and O–H groups in total. The maximum Gasteiger partial charge on any atom is 0.252 e. The molecule has 2 rings (SSSR count). The van der Waals surface area contributed by atoms with Gasteiger partial charge >= 0.3 is 0 Å². The van der Waals surface area contributed by atoms with Gasteiger partial charge in [-0.25, -0.2) is 4.39 Å². The SMILES string of the molecule is NC(=O)c1cccc(OCC2CC2)c1OCF. The van der Waals surface area contributed by atoms with E-state index in [2.05, 4.69) is 0 Å². The second-order valence-corrected chi connectivity index (χ2v) is 4.00. The first-order valence-electron chi connectivity index (χ1n) is 5.46. The van der Waals surface area contributed by atoms with Crippen LogP contribution in [0.15, 0.2) is 18.2 Å². The molecule has 5 heteroatoms. The molecule has 4 nitrogen and oxygen atoms in total. The molecule has 1 aliphatic carbocycles. The van der Waals surface area contributed by atoms with Crippen LogP contribution in [0.25, 0.3) is 0 Å². The lowest BCUT2D eigenvalue weighted by Crippen LogP contribution is -2.14. The second-order valence-electron chi connectivity index (χ2n) is 4.00. The van der Waals surface area contributed by atoms with Crippen LogP contribution in [-0.2, 0) is 0 Å². The Balaban J connectivity index is 2.21. The van der Waals surface area contributed by atoms with E-state index in [-0.39, 0.29) is 11.3 Å². The summed E-state index contributed by atoms with van der Waals surface area (Å²) in [4.78, 5) is 11.2. The highest BCUT2D eigenvalue weighted by Crippen LogP contribution is 2.34. The maximum atomic E-state index is 12.3. The van der Waals surface area contributed by atoms with Crippen molar-refractivity contribution < 1.29 is 18.7 Å². The Morgan fingerprint density at radius 1 is 1.41 bits per heavy atom. The first-order valence-corrected chi connectivity index (χ1v) is 5.46. The van der Waals surface area contributed by atoms with Gasteiger partial charge in [-0.15, -0.1) is 0 Å². The molecule has 0 atom stereocenters. The molecule has 1 fully saturated rings. The number of alkyl halides is 1. The van der Waals surface area contributed by atoms with E-state index in [1.165, 1.54) is 6.07 Å². The summed E-state index contributed by atoms with van der Waals surface area (Å²) in [7, 11) is 0. The molecule has 1 amide bonds. The zero-order valence-corrected chi connectivity index (χ0v) is 9.32. The van der Waals surface area contributed by atoms with Crippen LogP contribution in [0.2, 0.25) is 0 Å². The van der Waals surface area contributed by atoms with Gasteiger partial charge in [0.05, 0.1) is 12.2 Å². The highest BCUT2D eigenvalue weighted by Gasteiger charge is 2.23. The topological polar surface area (TPSA) is 61.6 Å². The summed E-state index contributed by atoms with van der Waals surface area (Å²) in [5.74, 6) is 0.352. The number of benzene rings is 1. The van der Waals surface area contributed by atoms with Gasteiger partial charge in [0.15, 0.2) is 11.5 Å². The van der Waals surface area contributed by atoms with Gasteiger partial charge in [0.2, 0.25) is 6.86 Å². The highest BCUT2D eigenvalue weighted by atomic mass is 19.1. The van der Waals surface area contributed by atoms with Crippen LogP contribution in [0.4, 0.5) is 4.39 Å². The average molecular weight is 239 g/mol. The van der Waals surface area contributed by atoms with E-state index in [1.807, 2.05) is 0 Å². The summed E-state index contributed by atoms with van der Waals surface area (Å²) in [6.07, 6.45) is 2.30. The molecule has 0 aromatic heterocycles. The summed E-state index contributed by atoms with van der Waals surface area (Å²) in [6.45, 7) is -0.463. The van der Waals surface area contributed by atoms with Crippen molar-refractivity contribution in [1.82, 2.24) is 0 Å². The summed E-state index contributed by atoms with van der Waals surface area (Å²) in [5.41, 5.74) is 5.32. The predicted molar refractivity (Wildman–Crippen MR) is 59.8 cm³/mol. The smallest absolute Gasteiger partial charge is 0.252 e. The number of nitrogens with two attached hydrogens (primary N) is 1. The minimum Gasteiger partial charge on any atom is -0.489 e. The zero-order chi connectivity index (χ0) is 12.3. The van der Waals surface area contributed by atoms with Crippen molar-refractivity contribution in [3.63, 3.8) is 0 Å². The number of ether oxygens (including phenoxy) is 2. The lowest BCUT2D eigenvalue weighted by molar-refractivity contribution is 0.0991. The van der Waals surface area contributed by atoms with Crippen molar-refractivity contribution in [1.29, 1.82) is 0 Å². The molecule has 0 unspecified atom stereocenters. The second kappa shape index (κ2) is 5.03. The van der Waals surface area contributed by atoms with Gasteiger partial charge in [0.25, 0.3) is 5.91 Å². The minimum atomic E-state index is -1.02. The Hall–Kier alpha value is -1.78. The van der Waals surface area contributed by atoms with Gasteiger partial charge in [-0.3, -0.25) is 4.79 Å². The fourth-order valence-corrected chi connectivity index (χ4v) is 1.52. The lowest BCUT2D eigenvalue weighted by atomic mass is 10.2. The van der Waals surface area contributed by atoms with Crippen molar-refractivity contribution in [3.05, 3.63) is 23.8 Å². The number of carbonyl (C=O) groups excluding carboxylic acids is 1. The lowest BCUT2D eigenvalue weighted by Gasteiger charge is -2.13. The van der Waals surface area contributed by atoms with Crippen molar-refractivity contribution in [2.45, 2.75) is 12.8 Å². The Labute approximate surface area is 98.5 Å². The number of hydrogen-bond acceptors (Lipinski definition) is 3. The van der Waals surface area contributed by atoms with Gasteiger partial charge in [0.1, 0.15) is 0 Å². The number of rotatable bonds is 6. The molecule has 0 spiro atoms. The third-order valence-electron chi connectivity index (χ3n) is 2.61. The maximum absolute atomic E-state index is 12.3. The van der Waals surface area contributed by atoms with E-state index in [4.69, 9.17) is 15.2 Å². The summed E-state index contributed by atoms with van der Waals surface area (Å²) < 4.78 is 22.6. The number of amides is 1. The molecule has 1 saturated carbocycles. The first kappa shape index (κ1) is 11.7. The molecule has 0 aliphatic heterocycles. The van der Waals surface area contributed by atoms with Gasteiger partial charge in [-0.05, 0) is 30.9 Å². The van der Waals surface area contributed by atoms with E-state index >= 15 is 0 Å². The normalized spacial score (nSPS) is 14.4. The minimum absolute atomic E-state index is 0.0863. The highest BCUT2D eigenvalue weighted by molar-refractivity contribution is 5.96. The van der Waals surface area contributed by atoms with E-state index < -0.39 is 12.8 Å². The monoisotopic (exact) mass is 239 g/mol. The van der Waals surface area contributed by atoms with Gasteiger partial charge < -0.3 is 15.2 Å². The Morgan fingerprint density at radius 3 is 2.76 bits per heavy atom. The van der Waals surface area contributed by atoms with Crippen molar-refractivity contribution >= 4 is 5.91 Å². The van der Waals surface area contributed by atoms with Crippen LogP contribution in [0, 0.1) is 5.92 Å². The summed E-state index contributed by atoms with van der Waals surface area (Å²) >= 11 is 0. The summed E-state index contributed by atoms with van der Waals surface area (Å²) in [5, 5.41) is 0. The molecule has 17 heavy (non-hydrogen) atoms. The van der Waals surface area contributed by atoms with E-state index in [0.717, 1.165) is 12.8 Å². The quantitative estimate of drug-likeness (QED) is 0.824. The van der Waals surface area contributed by atoms with Crippen LogP contribution < -0.4 is 15.2 Å². The van der Waals surface area contributed by atoms with Gasteiger partial charge in [-0.2, -0.15) is 0 Å². The van der Waals surface area contributed by atoms with Crippen LogP contribution in [0.1, 0.15) is 23.2 Å². The third-order valence-corrected chi connectivity index (χ3v) is 2.61. The van der Waals surface area contributed by atoms with Crippen LogP contribution in [0.3, 0.4) is 0 Å². The van der Waals surface area contributed by atoms with E-state index in [1.54, 1.807) is 12.1 Å². The zero-order valence-electron chi connectivity index (χ0n) is 9.32. The number of halogens is 1. The van der Waals surface area contributed by atoms with Crippen molar-refractivity contribution in [2.75, 3.05) is 13.5 Å². The third kappa shape index (κ3) is 2.87. The molecule has 0 bridgehead atoms. The fourth-order valence-electron chi connectivity index (χ4n) is 1.52. The molecular formula is C12H14FNO3. The number of para-hydroxylation sites is 1. The largest absolute Gasteiger partial charge is 0.489 e. The van der Waals surface area contributed by atoms with E-state index in [0.29, 0.717) is 18.3 Å². The van der Waals surface area contributed by atoms with Crippen LogP contribution in [0.5, 0.6) is 11.5 Å². The average Bonchev–Trinajstić information content (AvgIpc) is 3.11. The fraction of sp³-hybridized carbons (Fsp3) is 0.417. The van der Waals surface area contributed by atoms with E-state index in [9.17, 15) is 9.18 Å². The number of primary amides is 1. The molecule has 0 heterocycles. The van der Waals surface area contributed by atoms with Crippen LogP contribution >= 0.6 is 0 Å². The molecule has 0 radical (unpaired) electrons. The van der Waals surface area contributed by atoms with Crippen molar-refractivity contribution in [2.24, 2.45) is 11.7 Å². The van der Waals surface area contributed by atoms with Crippen LogP contribution in [-0.4, -0.2) is 19.4 Å². The number of hydrogen-bond donors (Lipinski definition) is 1. The number of carbonyl (C=O) groups is 1.